The van der Waals surface area contributed by atoms with E-state index in [2.05, 4.69) is 46.0 Å². The largest absolute Gasteiger partial charge is 0.292 e. The molecule has 3 heteroatoms. The average Bonchev–Trinajstić information content (AvgIpc) is 2.60. The zero-order valence-electron chi connectivity index (χ0n) is 13.7. The van der Waals surface area contributed by atoms with Gasteiger partial charge in [0.15, 0.2) is 5.78 Å². The molecule has 120 valence electrons. The number of halogens is 1. The van der Waals surface area contributed by atoms with Crippen LogP contribution in [0.15, 0.2) is 65.1 Å². The van der Waals surface area contributed by atoms with Crippen molar-refractivity contribution in [2.24, 2.45) is 0 Å². The third-order valence-electron chi connectivity index (χ3n) is 4.19. The molecule has 0 saturated carbocycles. The fraction of sp³-hybridized carbons (Fsp3) is 0.143. The van der Waals surface area contributed by atoms with Crippen LogP contribution in [0.25, 0.3) is 11.1 Å². The number of hydrogen-bond donors (Lipinski definition) is 0. The zero-order valence-corrected chi connectivity index (χ0v) is 15.3. The molecule has 0 aliphatic rings. The van der Waals surface area contributed by atoms with Gasteiger partial charge in [0.25, 0.3) is 0 Å². The van der Waals surface area contributed by atoms with Gasteiger partial charge in [-0.25, -0.2) is 4.98 Å². The van der Waals surface area contributed by atoms with Crippen LogP contribution in [0.1, 0.15) is 27.3 Å². The summed E-state index contributed by atoms with van der Waals surface area (Å²) in [5, 5.41) is 0. The molecule has 0 unspecified atom stereocenters. The van der Waals surface area contributed by atoms with Gasteiger partial charge >= 0.3 is 0 Å². The Bertz CT molecular complexity index is 888. The summed E-state index contributed by atoms with van der Waals surface area (Å²) in [5.74, 6) is 0.0407. The number of carbonyl (C=O) groups is 1. The molecule has 0 N–H and O–H groups in total. The number of hydrogen-bond acceptors (Lipinski definition) is 2. The van der Waals surface area contributed by atoms with Crippen LogP contribution in [0.3, 0.4) is 0 Å². The van der Waals surface area contributed by atoms with Crippen molar-refractivity contribution in [1.29, 1.82) is 0 Å². The number of nitrogens with zero attached hydrogens (tertiary/aromatic N) is 1. The number of aryl methyl sites for hydroxylation is 1. The Morgan fingerprint density at radius 3 is 2.42 bits per heavy atom. The molecule has 0 spiro atoms. The minimum absolute atomic E-state index is 0.0407. The highest BCUT2D eigenvalue weighted by Gasteiger charge is 2.13. The third kappa shape index (κ3) is 3.46. The Morgan fingerprint density at radius 2 is 1.71 bits per heavy atom. The maximum Gasteiger partial charge on any atom is 0.185 e. The normalized spacial score (nSPS) is 10.6. The predicted octanol–water partition coefficient (Wildman–Crippen LogP) is 5.55. The first-order valence-corrected chi connectivity index (χ1v) is 8.66. The minimum Gasteiger partial charge on any atom is -0.292 e. The average molecular weight is 380 g/mol. The highest BCUT2D eigenvalue weighted by molar-refractivity contribution is 9.10. The van der Waals surface area contributed by atoms with E-state index in [4.69, 9.17) is 0 Å². The maximum atomic E-state index is 12.6. The molecule has 1 heterocycles. The Kier molecular flexibility index (Phi) is 4.91. The lowest BCUT2D eigenvalue weighted by Crippen LogP contribution is -2.08. The summed E-state index contributed by atoms with van der Waals surface area (Å²) in [6.07, 6.45) is 0.362. The number of pyridine rings is 1. The molecular weight excluding hydrogens is 362 g/mol. The molecule has 0 radical (unpaired) electrons. The van der Waals surface area contributed by atoms with E-state index in [1.165, 1.54) is 11.1 Å². The summed E-state index contributed by atoms with van der Waals surface area (Å²) in [5.41, 5.74) is 5.87. The lowest BCUT2D eigenvalue weighted by atomic mass is 9.93. The van der Waals surface area contributed by atoms with E-state index in [1.54, 1.807) is 6.07 Å². The highest BCUT2D eigenvalue weighted by atomic mass is 79.9. The Labute approximate surface area is 150 Å². The SMILES string of the molecule is Cc1nc(C(=O)Cc2cccc(-c3ccccc3)c2C)ccc1Br. The summed E-state index contributed by atoms with van der Waals surface area (Å²) < 4.78 is 0.918. The van der Waals surface area contributed by atoms with Gasteiger partial charge in [-0.3, -0.25) is 4.79 Å². The van der Waals surface area contributed by atoms with E-state index in [-0.39, 0.29) is 5.78 Å². The van der Waals surface area contributed by atoms with Crippen LogP contribution in [-0.2, 0) is 6.42 Å². The summed E-state index contributed by atoms with van der Waals surface area (Å²) in [6.45, 7) is 3.97. The van der Waals surface area contributed by atoms with Crippen molar-refractivity contribution in [3.05, 3.63) is 87.7 Å². The van der Waals surface area contributed by atoms with Crippen molar-refractivity contribution in [1.82, 2.24) is 4.98 Å². The van der Waals surface area contributed by atoms with Gasteiger partial charge < -0.3 is 0 Å². The lowest BCUT2D eigenvalue weighted by Gasteiger charge is -2.11. The van der Waals surface area contributed by atoms with Crippen molar-refractivity contribution in [2.75, 3.05) is 0 Å². The molecule has 0 saturated heterocycles. The standard InChI is InChI=1S/C21H18BrNO/c1-14-17(9-6-10-18(14)16-7-4-3-5-8-16)13-21(24)20-12-11-19(22)15(2)23-20/h3-12H,13H2,1-2H3. The van der Waals surface area contributed by atoms with Gasteiger partial charge in [0, 0.05) is 10.9 Å². The molecular formula is C21H18BrNO. The van der Waals surface area contributed by atoms with Crippen LogP contribution in [0.4, 0.5) is 0 Å². The van der Waals surface area contributed by atoms with Crippen LogP contribution >= 0.6 is 15.9 Å². The van der Waals surface area contributed by atoms with Crippen LogP contribution in [0.5, 0.6) is 0 Å². The van der Waals surface area contributed by atoms with E-state index in [0.29, 0.717) is 12.1 Å². The van der Waals surface area contributed by atoms with Gasteiger partial charge in [-0.15, -0.1) is 0 Å². The molecule has 3 aromatic rings. The topological polar surface area (TPSA) is 30.0 Å². The van der Waals surface area contributed by atoms with E-state index >= 15 is 0 Å². The maximum absolute atomic E-state index is 12.6. The van der Waals surface area contributed by atoms with Gasteiger partial charge in [-0.1, -0.05) is 48.5 Å². The molecule has 1 aromatic heterocycles. The number of carbonyl (C=O) groups excluding carboxylic acids is 1. The minimum atomic E-state index is 0.0407. The Balaban J connectivity index is 1.90. The molecule has 3 rings (SSSR count). The number of rotatable bonds is 4. The highest BCUT2D eigenvalue weighted by Crippen LogP contribution is 2.26. The van der Waals surface area contributed by atoms with E-state index in [1.807, 2.05) is 43.3 Å². The van der Waals surface area contributed by atoms with E-state index < -0.39 is 0 Å². The second-order valence-corrected chi connectivity index (χ2v) is 6.67. The molecule has 0 fully saturated rings. The van der Waals surface area contributed by atoms with Gasteiger partial charge in [0.2, 0.25) is 0 Å². The molecule has 0 amide bonds. The van der Waals surface area contributed by atoms with Gasteiger partial charge in [-0.2, -0.15) is 0 Å². The van der Waals surface area contributed by atoms with Crippen LogP contribution < -0.4 is 0 Å². The quantitative estimate of drug-likeness (QED) is 0.555. The van der Waals surface area contributed by atoms with Crippen LogP contribution in [-0.4, -0.2) is 10.8 Å². The van der Waals surface area contributed by atoms with E-state index in [9.17, 15) is 4.79 Å². The first-order chi connectivity index (χ1) is 11.6. The molecule has 24 heavy (non-hydrogen) atoms. The van der Waals surface area contributed by atoms with E-state index in [0.717, 1.165) is 21.3 Å². The van der Waals surface area contributed by atoms with Gasteiger partial charge in [0.05, 0.1) is 5.69 Å². The van der Waals surface area contributed by atoms with Crippen LogP contribution in [0.2, 0.25) is 0 Å². The smallest absolute Gasteiger partial charge is 0.185 e. The molecule has 0 bridgehead atoms. The van der Waals surface area contributed by atoms with Gasteiger partial charge in [0.1, 0.15) is 5.69 Å². The zero-order chi connectivity index (χ0) is 17.1. The molecule has 0 aliphatic carbocycles. The molecule has 2 aromatic carbocycles. The summed E-state index contributed by atoms with van der Waals surface area (Å²) in [7, 11) is 0. The molecule has 0 atom stereocenters. The summed E-state index contributed by atoms with van der Waals surface area (Å²) in [6, 6.07) is 20.0. The Morgan fingerprint density at radius 1 is 0.958 bits per heavy atom. The predicted molar refractivity (Wildman–Crippen MR) is 101 cm³/mol. The summed E-state index contributed by atoms with van der Waals surface area (Å²) >= 11 is 3.42. The first kappa shape index (κ1) is 16.6. The second kappa shape index (κ2) is 7.10. The van der Waals surface area contributed by atoms with Crippen molar-refractivity contribution in [3.8, 4) is 11.1 Å². The van der Waals surface area contributed by atoms with Gasteiger partial charge in [-0.05, 0) is 64.2 Å². The lowest BCUT2D eigenvalue weighted by molar-refractivity contribution is 0.0988. The number of Topliss-reactive ketones (excluding diaryl/α,β-unsaturated/α-hetero) is 1. The second-order valence-electron chi connectivity index (χ2n) is 5.82. The molecule has 0 aliphatic heterocycles. The van der Waals surface area contributed by atoms with Crippen molar-refractivity contribution in [2.45, 2.75) is 20.3 Å². The van der Waals surface area contributed by atoms with Crippen molar-refractivity contribution >= 4 is 21.7 Å². The monoisotopic (exact) mass is 379 g/mol. The molecule has 2 nitrogen and oxygen atoms in total. The van der Waals surface area contributed by atoms with Crippen molar-refractivity contribution in [3.63, 3.8) is 0 Å². The first-order valence-electron chi connectivity index (χ1n) is 7.86. The fourth-order valence-electron chi connectivity index (χ4n) is 2.77. The third-order valence-corrected chi connectivity index (χ3v) is 5.03. The fourth-order valence-corrected chi connectivity index (χ4v) is 2.99. The summed E-state index contributed by atoms with van der Waals surface area (Å²) in [4.78, 5) is 17.0. The number of benzene rings is 2. The Hall–Kier alpha value is -2.26. The van der Waals surface area contributed by atoms with Crippen LogP contribution in [0, 0.1) is 13.8 Å². The number of aromatic nitrogens is 1. The number of ketones is 1. The van der Waals surface area contributed by atoms with Crippen molar-refractivity contribution < 1.29 is 4.79 Å².